The minimum Gasteiger partial charge on any atom is -0.320 e. The van der Waals surface area contributed by atoms with Gasteiger partial charge in [0.15, 0.2) is 0 Å². The zero-order chi connectivity index (χ0) is 12.4. The number of nitrogens with one attached hydrogen (secondary N) is 1. The standard InChI is InChI=1S/C14H24N4/c1-18-11-16-17-13(18)10-15-12-4-8-14(9-5-12)6-2-3-7-14/h11-12,15H,2-10H2,1H3. The highest BCUT2D eigenvalue weighted by Crippen LogP contribution is 2.48. The number of nitrogens with zero attached hydrogens (tertiary/aromatic N) is 3. The molecule has 1 N–H and O–H groups in total. The van der Waals surface area contributed by atoms with E-state index in [1.165, 1.54) is 51.4 Å². The van der Waals surface area contributed by atoms with Gasteiger partial charge in [-0.25, -0.2) is 0 Å². The predicted molar refractivity (Wildman–Crippen MR) is 71.0 cm³/mol. The molecule has 4 heteroatoms. The van der Waals surface area contributed by atoms with Crippen LogP contribution in [0.3, 0.4) is 0 Å². The highest BCUT2D eigenvalue weighted by molar-refractivity contribution is 4.92. The molecular weight excluding hydrogens is 224 g/mol. The Morgan fingerprint density at radius 3 is 2.61 bits per heavy atom. The smallest absolute Gasteiger partial charge is 0.146 e. The lowest BCUT2D eigenvalue weighted by Gasteiger charge is -2.37. The number of aromatic nitrogens is 3. The SMILES string of the molecule is Cn1cnnc1CNC1CCC2(CCCC2)CC1. The number of rotatable bonds is 3. The fraction of sp³-hybridized carbons (Fsp3) is 0.857. The Bertz CT molecular complexity index is 382. The molecule has 0 bridgehead atoms. The molecule has 0 atom stereocenters. The molecular formula is C14H24N4. The molecule has 0 amide bonds. The molecule has 1 spiro atoms. The Morgan fingerprint density at radius 2 is 2.00 bits per heavy atom. The minimum atomic E-state index is 0.688. The molecule has 0 unspecified atom stereocenters. The first-order valence-corrected chi connectivity index (χ1v) is 7.34. The molecule has 1 heterocycles. The van der Waals surface area contributed by atoms with Crippen molar-refractivity contribution in [1.29, 1.82) is 0 Å². The molecule has 0 aromatic carbocycles. The molecule has 2 aliphatic carbocycles. The number of hydrogen-bond donors (Lipinski definition) is 1. The highest BCUT2D eigenvalue weighted by Gasteiger charge is 2.37. The summed E-state index contributed by atoms with van der Waals surface area (Å²) in [6.45, 7) is 0.855. The van der Waals surface area contributed by atoms with Crippen molar-refractivity contribution in [2.24, 2.45) is 12.5 Å². The zero-order valence-electron chi connectivity index (χ0n) is 11.4. The van der Waals surface area contributed by atoms with Crippen LogP contribution >= 0.6 is 0 Å². The average Bonchev–Trinajstić information content (AvgIpc) is 2.99. The molecule has 2 saturated carbocycles. The molecule has 18 heavy (non-hydrogen) atoms. The monoisotopic (exact) mass is 248 g/mol. The van der Waals surface area contributed by atoms with Crippen molar-refractivity contribution >= 4 is 0 Å². The van der Waals surface area contributed by atoms with Crippen molar-refractivity contribution in [3.63, 3.8) is 0 Å². The summed E-state index contributed by atoms with van der Waals surface area (Å²) in [5.41, 5.74) is 0.739. The molecule has 4 nitrogen and oxygen atoms in total. The summed E-state index contributed by atoms with van der Waals surface area (Å²) in [4.78, 5) is 0. The van der Waals surface area contributed by atoms with Gasteiger partial charge < -0.3 is 9.88 Å². The van der Waals surface area contributed by atoms with Crippen LogP contribution in [0, 0.1) is 5.41 Å². The third-order valence-corrected chi connectivity index (χ3v) is 5.06. The predicted octanol–water partition coefficient (Wildman–Crippen LogP) is 2.41. The van der Waals surface area contributed by atoms with Gasteiger partial charge in [-0.1, -0.05) is 12.8 Å². The Labute approximate surface area is 109 Å². The van der Waals surface area contributed by atoms with Gasteiger partial charge in [-0.2, -0.15) is 0 Å². The Hall–Kier alpha value is -0.900. The maximum Gasteiger partial charge on any atom is 0.146 e. The van der Waals surface area contributed by atoms with Crippen LogP contribution in [0.4, 0.5) is 0 Å². The lowest BCUT2D eigenvalue weighted by molar-refractivity contribution is 0.167. The molecule has 0 aliphatic heterocycles. The fourth-order valence-corrected chi connectivity index (χ4v) is 3.76. The van der Waals surface area contributed by atoms with Crippen LogP contribution in [0.25, 0.3) is 0 Å². The summed E-state index contributed by atoms with van der Waals surface area (Å²) < 4.78 is 1.99. The normalized spacial score (nSPS) is 23.8. The van der Waals surface area contributed by atoms with Crippen LogP contribution < -0.4 is 5.32 Å². The zero-order valence-corrected chi connectivity index (χ0v) is 11.4. The summed E-state index contributed by atoms with van der Waals surface area (Å²) in [7, 11) is 2.01. The van der Waals surface area contributed by atoms with E-state index in [1.54, 1.807) is 6.33 Å². The van der Waals surface area contributed by atoms with Gasteiger partial charge in [0.1, 0.15) is 12.2 Å². The van der Waals surface area contributed by atoms with E-state index in [4.69, 9.17) is 0 Å². The van der Waals surface area contributed by atoms with E-state index in [-0.39, 0.29) is 0 Å². The van der Waals surface area contributed by atoms with Gasteiger partial charge in [-0.05, 0) is 43.9 Å². The summed E-state index contributed by atoms with van der Waals surface area (Å²) in [5.74, 6) is 1.04. The van der Waals surface area contributed by atoms with Crippen molar-refractivity contribution < 1.29 is 0 Å². The fourth-order valence-electron chi connectivity index (χ4n) is 3.76. The van der Waals surface area contributed by atoms with Crippen molar-refractivity contribution in [1.82, 2.24) is 20.1 Å². The Balaban J connectivity index is 1.47. The second-order valence-corrected chi connectivity index (χ2v) is 6.22. The highest BCUT2D eigenvalue weighted by atomic mass is 15.3. The van der Waals surface area contributed by atoms with Crippen LogP contribution in [0.1, 0.15) is 57.2 Å². The third-order valence-electron chi connectivity index (χ3n) is 5.06. The lowest BCUT2D eigenvalue weighted by Crippen LogP contribution is -2.36. The van der Waals surface area contributed by atoms with Gasteiger partial charge >= 0.3 is 0 Å². The van der Waals surface area contributed by atoms with Crippen LogP contribution in [-0.4, -0.2) is 20.8 Å². The van der Waals surface area contributed by atoms with Crippen LogP contribution in [0.2, 0.25) is 0 Å². The molecule has 0 saturated heterocycles. The number of aryl methyl sites for hydroxylation is 1. The Kier molecular flexibility index (Phi) is 3.37. The van der Waals surface area contributed by atoms with E-state index in [1.807, 2.05) is 11.6 Å². The van der Waals surface area contributed by atoms with Crippen LogP contribution in [0.5, 0.6) is 0 Å². The van der Waals surface area contributed by atoms with Gasteiger partial charge in [0, 0.05) is 13.1 Å². The van der Waals surface area contributed by atoms with Gasteiger partial charge in [0.2, 0.25) is 0 Å². The van der Waals surface area contributed by atoms with Crippen molar-refractivity contribution in [3.8, 4) is 0 Å². The van der Waals surface area contributed by atoms with Crippen LogP contribution in [-0.2, 0) is 13.6 Å². The van der Waals surface area contributed by atoms with Gasteiger partial charge in [-0.3, -0.25) is 0 Å². The van der Waals surface area contributed by atoms with Crippen molar-refractivity contribution in [2.75, 3.05) is 0 Å². The molecule has 100 valence electrons. The molecule has 2 aliphatic rings. The topological polar surface area (TPSA) is 42.7 Å². The second kappa shape index (κ2) is 5.00. The second-order valence-electron chi connectivity index (χ2n) is 6.22. The van der Waals surface area contributed by atoms with E-state index in [0.29, 0.717) is 6.04 Å². The third kappa shape index (κ3) is 2.44. The van der Waals surface area contributed by atoms with Crippen molar-refractivity contribution in [2.45, 2.75) is 64.0 Å². The first kappa shape index (κ1) is 12.2. The van der Waals surface area contributed by atoms with Gasteiger partial charge in [0.25, 0.3) is 0 Å². The molecule has 0 radical (unpaired) electrons. The quantitative estimate of drug-likeness (QED) is 0.893. The first-order valence-electron chi connectivity index (χ1n) is 7.34. The maximum absolute atomic E-state index is 4.12. The average molecular weight is 248 g/mol. The summed E-state index contributed by atoms with van der Waals surface area (Å²) in [6.07, 6.45) is 13.2. The van der Waals surface area contributed by atoms with Crippen LogP contribution in [0.15, 0.2) is 6.33 Å². The Morgan fingerprint density at radius 1 is 1.28 bits per heavy atom. The summed E-state index contributed by atoms with van der Waals surface area (Å²) >= 11 is 0. The van der Waals surface area contributed by atoms with E-state index in [2.05, 4.69) is 15.5 Å². The minimum absolute atomic E-state index is 0.688. The van der Waals surface area contributed by atoms with Crippen molar-refractivity contribution in [3.05, 3.63) is 12.2 Å². The largest absolute Gasteiger partial charge is 0.320 e. The maximum atomic E-state index is 4.12. The van der Waals surface area contributed by atoms with E-state index < -0.39 is 0 Å². The number of hydrogen-bond acceptors (Lipinski definition) is 3. The molecule has 2 fully saturated rings. The summed E-state index contributed by atoms with van der Waals surface area (Å²) in [5, 5.41) is 11.7. The van der Waals surface area contributed by atoms with Gasteiger partial charge in [0.05, 0.1) is 6.54 Å². The molecule has 1 aromatic rings. The van der Waals surface area contributed by atoms with Gasteiger partial charge in [-0.15, -0.1) is 10.2 Å². The molecule has 3 rings (SSSR count). The molecule has 1 aromatic heterocycles. The lowest BCUT2D eigenvalue weighted by atomic mass is 9.71. The van der Waals surface area contributed by atoms with E-state index >= 15 is 0 Å². The summed E-state index contributed by atoms with van der Waals surface area (Å²) in [6, 6.07) is 0.688. The van der Waals surface area contributed by atoms with E-state index in [0.717, 1.165) is 17.8 Å². The first-order chi connectivity index (χ1) is 8.77. The van der Waals surface area contributed by atoms with E-state index in [9.17, 15) is 0 Å².